The molecule has 10 heteroatoms. The number of fused-ring (bicyclic) bond motifs is 1. The number of nitrogens with zero attached hydrogens (tertiary/aromatic N) is 3. The molecule has 1 aromatic carbocycles. The first-order valence-electron chi connectivity index (χ1n) is 9.21. The van der Waals surface area contributed by atoms with Gasteiger partial charge in [0.1, 0.15) is 5.82 Å². The van der Waals surface area contributed by atoms with Crippen LogP contribution < -0.4 is 15.5 Å². The van der Waals surface area contributed by atoms with Crippen molar-refractivity contribution >= 4 is 28.7 Å². The van der Waals surface area contributed by atoms with E-state index < -0.39 is 30.2 Å². The zero-order valence-electron chi connectivity index (χ0n) is 15.3. The minimum Gasteiger partial charge on any atom is -0.311 e. The molecule has 1 aromatic heterocycles. The minimum absolute atomic E-state index is 0.0431. The largest absolute Gasteiger partial charge is 0.329 e. The summed E-state index contributed by atoms with van der Waals surface area (Å²) in [6.45, 7) is 2.25. The highest BCUT2D eigenvalue weighted by Crippen LogP contribution is 2.41. The van der Waals surface area contributed by atoms with E-state index in [-0.39, 0.29) is 36.7 Å². The second-order valence-electron chi connectivity index (χ2n) is 7.06. The molecular formula is C18H20F3N5O2. The van der Waals surface area contributed by atoms with Gasteiger partial charge < -0.3 is 5.32 Å². The number of hydrogen-bond acceptors (Lipinski definition) is 4. The fraction of sp³-hybridized carbons (Fsp3) is 0.500. The fourth-order valence-electron chi connectivity index (χ4n) is 3.89. The first-order chi connectivity index (χ1) is 13.3. The summed E-state index contributed by atoms with van der Waals surface area (Å²) in [7, 11) is 0. The van der Waals surface area contributed by atoms with Gasteiger partial charge in [0, 0.05) is 24.9 Å². The van der Waals surface area contributed by atoms with E-state index in [1.54, 1.807) is 4.68 Å². The number of imide groups is 1. The Morgan fingerprint density at radius 2 is 2.11 bits per heavy atom. The van der Waals surface area contributed by atoms with Gasteiger partial charge in [0.15, 0.2) is 5.82 Å². The molecule has 150 valence electrons. The molecule has 3 amide bonds. The number of benzene rings is 1. The van der Waals surface area contributed by atoms with E-state index in [9.17, 15) is 22.8 Å². The van der Waals surface area contributed by atoms with Gasteiger partial charge in [-0.2, -0.15) is 5.10 Å². The summed E-state index contributed by atoms with van der Waals surface area (Å²) in [6, 6.07) is 1.95. The maximum atomic E-state index is 14.9. The molecule has 0 aliphatic carbocycles. The molecule has 4 rings (SSSR count). The molecule has 0 spiro atoms. The SMILES string of the molecule is CCn1nc(N2CCC(=O)NC2=O)c2cc(F)c([C@@H]3CCNCC3(F)F)cc21. The molecule has 2 saturated heterocycles. The van der Waals surface area contributed by atoms with Gasteiger partial charge >= 0.3 is 6.03 Å². The average molecular weight is 395 g/mol. The predicted molar refractivity (Wildman–Crippen MR) is 96.0 cm³/mol. The summed E-state index contributed by atoms with van der Waals surface area (Å²) < 4.78 is 45.2. The van der Waals surface area contributed by atoms with Crippen molar-refractivity contribution in [1.82, 2.24) is 20.4 Å². The lowest BCUT2D eigenvalue weighted by atomic mass is 9.86. The van der Waals surface area contributed by atoms with E-state index in [4.69, 9.17) is 0 Å². The highest BCUT2D eigenvalue weighted by atomic mass is 19.3. The zero-order valence-corrected chi connectivity index (χ0v) is 15.3. The van der Waals surface area contributed by atoms with E-state index in [2.05, 4.69) is 15.7 Å². The standard InChI is InChI=1S/C18H20F3N5O2/c1-2-26-14-8-10(12-3-5-22-9-18(12,20)21)13(19)7-11(14)16(24-26)25-6-4-15(27)23-17(25)28/h7-8,12,22H,2-6,9H2,1H3,(H,23,27,28)/t12-/m0/s1. The van der Waals surface area contributed by atoms with Crippen molar-refractivity contribution in [1.29, 1.82) is 0 Å². The number of carbonyl (C=O) groups excluding carboxylic acids is 2. The maximum absolute atomic E-state index is 14.9. The van der Waals surface area contributed by atoms with Crippen LogP contribution in [-0.4, -0.2) is 47.3 Å². The Hall–Kier alpha value is -2.62. The van der Waals surface area contributed by atoms with Crippen molar-refractivity contribution in [3.63, 3.8) is 0 Å². The van der Waals surface area contributed by atoms with E-state index in [1.807, 2.05) is 6.92 Å². The number of aromatic nitrogens is 2. The van der Waals surface area contributed by atoms with E-state index in [0.717, 1.165) is 0 Å². The third-order valence-electron chi connectivity index (χ3n) is 5.31. The Morgan fingerprint density at radius 3 is 2.79 bits per heavy atom. The lowest BCUT2D eigenvalue weighted by Crippen LogP contribution is -2.49. The highest BCUT2D eigenvalue weighted by Gasteiger charge is 2.44. The number of nitrogens with one attached hydrogen (secondary N) is 2. The number of amides is 3. The molecule has 0 saturated carbocycles. The number of anilines is 1. The summed E-state index contributed by atoms with van der Waals surface area (Å²) >= 11 is 0. The minimum atomic E-state index is -3.06. The van der Waals surface area contributed by atoms with Crippen LogP contribution in [0.25, 0.3) is 10.9 Å². The van der Waals surface area contributed by atoms with Crippen LogP contribution in [0.2, 0.25) is 0 Å². The smallest absolute Gasteiger partial charge is 0.311 e. The quantitative estimate of drug-likeness (QED) is 0.836. The topological polar surface area (TPSA) is 79.3 Å². The normalized spacial score (nSPS) is 22.6. The molecule has 0 unspecified atom stereocenters. The van der Waals surface area contributed by atoms with Crippen LogP contribution in [0, 0.1) is 5.82 Å². The van der Waals surface area contributed by atoms with Gasteiger partial charge in [-0.3, -0.25) is 19.7 Å². The van der Waals surface area contributed by atoms with E-state index >= 15 is 0 Å². The molecular weight excluding hydrogens is 375 g/mol. The first kappa shape index (κ1) is 18.7. The van der Waals surface area contributed by atoms with Crippen molar-refractivity contribution < 1.29 is 22.8 Å². The summed E-state index contributed by atoms with van der Waals surface area (Å²) in [6.07, 6.45) is 0.229. The van der Waals surface area contributed by atoms with Crippen molar-refractivity contribution in [2.45, 2.75) is 38.2 Å². The molecule has 2 N–H and O–H groups in total. The molecule has 3 heterocycles. The van der Waals surface area contributed by atoms with E-state index in [1.165, 1.54) is 17.0 Å². The Bertz CT molecular complexity index is 958. The van der Waals surface area contributed by atoms with Gasteiger partial charge in [0.2, 0.25) is 5.91 Å². The molecule has 2 fully saturated rings. The monoisotopic (exact) mass is 395 g/mol. The lowest BCUT2D eigenvalue weighted by molar-refractivity contribution is -0.120. The van der Waals surface area contributed by atoms with Crippen LogP contribution in [0.5, 0.6) is 0 Å². The second kappa shape index (κ2) is 6.77. The van der Waals surface area contributed by atoms with Gasteiger partial charge in [-0.15, -0.1) is 0 Å². The number of piperidine rings is 1. The van der Waals surface area contributed by atoms with Crippen molar-refractivity contribution in [3.8, 4) is 0 Å². The highest BCUT2D eigenvalue weighted by molar-refractivity contribution is 6.08. The Morgan fingerprint density at radius 1 is 1.32 bits per heavy atom. The molecule has 0 radical (unpaired) electrons. The van der Waals surface area contributed by atoms with Crippen LogP contribution in [0.15, 0.2) is 12.1 Å². The number of rotatable bonds is 3. The number of carbonyl (C=O) groups is 2. The third-order valence-corrected chi connectivity index (χ3v) is 5.31. The van der Waals surface area contributed by atoms with Crippen LogP contribution in [0.4, 0.5) is 23.8 Å². The Kier molecular flexibility index (Phi) is 4.53. The first-order valence-corrected chi connectivity index (χ1v) is 9.21. The number of alkyl halides is 2. The Labute approximate surface area is 158 Å². The fourth-order valence-corrected chi connectivity index (χ4v) is 3.89. The van der Waals surface area contributed by atoms with Crippen molar-refractivity contribution in [2.75, 3.05) is 24.5 Å². The molecule has 1 atom stereocenters. The van der Waals surface area contributed by atoms with Crippen LogP contribution in [0.3, 0.4) is 0 Å². The molecule has 2 aliphatic heterocycles. The Balaban J connectivity index is 1.82. The average Bonchev–Trinajstić information content (AvgIpc) is 2.98. The van der Waals surface area contributed by atoms with Crippen LogP contribution >= 0.6 is 0 Å². The summed E-state index contributed by atoms with van der Waals surface area (Å²) in [5, 5.41) is 9.57. The van der Waals surface area contributed by atoms with E-state index in [0.29, 0.717) is 24.0 Å². The molecule has 2 aromatic rings. The molecule has 2 aliphatic rings. The summed E-state index contributed by atoms with van der Waals surface area (Å²) in [5.41, 5.74) is 0.436. The summed E-state index contributed by atoms with van der Waals surface area (Å²) in [5.74, 6) is -5.20. The summed E-state index contributed by atoms with van der Waals surface area (Å²) in [4.78, 5) is 24.8. The third kappa shape index (κ3) is 3.01. The lowest BCUT2D eigenvalue weighted by Gasteiger charge is -2.32. The van der Waals surface area contributed by atoms with Gasteiger partial charge in [-0.1, -0.05) is 0 Å². The van der Waals surface area contributed by atoms with Crippen molar-refractivity contribution in [2.24, 2.45) is 0 Å². The van der Waals surface area contributed by atoms with Crippen molar-refractivity contribution in [3.05, 3.63) is 23.5 Å². The predicted octanol–water partition coefficient (Wildman–Crippen LogP) is 2.35. The van der Waals surface area contributed by atoms with Gasteiger partial charge in [-0.05, 0) is 37.6 Å². The second-order valence-corrected chi connectivity index (χ2v) is 7.06. The zero-order chi connectivity index (χ0) is 20.1. The number of aryl methyl sites for hydroxylation is 1. The van der Waals surface area contributed by atoms with Gasteiger partial charge in [0.05, 0.1) is 18.0 Å². The molecule has 0 bridgehead atoms. The van der Waals surface area contributed by atoms with Gasteiger partial charge in [0.25, 0.3) is 5.92 Å². The van der Waals surface area contributed by atoms with Gasteiger partial charge in [-0.25, -0.2) is 18.0 Å². The maximum Gasteiger partial charge on any atom is 0.329 e. The molecule has 28 heavy (non-hydrogen) atoms. The number of hydrogen-bond donors (Lipinski definition) is 2. The number of urea groups is 1. The molecule has 7 nitrogen and oxygen atoms in total. The van der Waals surface area contributed by atoms with Crippen LogP contribution in [0.1, 0.15) is 31.2 Å². The van der Waals surface area contributed by atoms with Crippen LogP contribution in [-0.2, 0) is 11.3 Å². The number of halogens is 3.